The summed E-state index contributed by atoms with van der Waals surface area (Å²) in [5.41, 5.74) is 5.96. The highest BCUT2D eigenvalue weighted by Gasteiger charge is 2.32. The average Bonchev–Trinajstić information content (AvgIpc) is 3.15. The second-order valence-electron chi connectivity index (χ2n) is 8.94. The van der Waals surface area contributed by atoms with E-state index in [1.165, 1.54) is 5.56 Å². The number of halogens is 1. The molecule has 33 heavy (non-hydrogen) atoms. The van der Waals surface area contributed by atoms with Gasteiger partial charge in [0, 0.05) is 12.6 Å². The van der Waals surface area contributed by atoms with Crippen molar-refractivity contribution in [2.24, 2.45) is 4.99 Å². The maximum atomic E-state index is 15.2. The standard InChI is InChI=1S/C28H30FN2OP/c1-5-19-10-12-20(13-11-19)18-21-8-6-7-9-22(21)26(30-4)23-14-15-24(31-27(23)29)33-25-16-17-28(2,3)32-25/h5-15,25,33H,1,16-18H2,2-4H3. The van der Waals surface area contributed by atoms with E-state index in [4.69, 9.17) is 4.74 Å². The van der Waals surface area contributed by atoms with E-state index >= 15 is 4.39 Å². The Balaban J connectivity index is 1.58. The quantitative estimate of drug-likeness (QED) is 0.241. The highest BCUT2D eigenvalue weighted by Crippen LogP contribution is 2.37. The van der Waals surface area contributed by atoms with E-state index < -0.39 is 5.95 Å². The van der Waals surface area contributed by atoms with Crippen LogP contribution < -0.4 is 5.44 Å². The molecule has 4 rings (SSSR count). The lowest BCUT2D eigenvalue weighted by Crippen LogP contribution is -2.20. The Bertz CT molecular complexity index is 1170. The van der Waals surface area contributed by atoms with Crippen LogP contribution in [0.2, 0.25) is 0 Å². The van der Waals surface area contributed by atoms with Crippen LogP contribution in [0.1, 0.15) is 54.5 Å². The van der Waals surface area contributed by atoms with Gasteiger partial charge in [0.05, 0.1) is 28.2 Å². The first-order valence-electron chi connectivity index (χ1n) is 11.3. The smallest absolute Gasteiger partial charge is 0.222 e. The molecular weight excluding hydrogens is 430 g/mol. The van der Waals surface area contributed by atoms with Crippen molar-refractivity contribution < 1.29 is 9.13 Å². The maximum Gasteiger partial charge on any atom is 0.222 e. The summed E-state index contributed by atoms with van der Waals surface area (Å²) in [6.07, 6.45) is 4.57. The lowest BCUT2D eigenvalue weighted by atomic mass is 9.93. The molecule has 1 aromatic heterocycles. The first-order chi connectivity index (χ1) is 15.9. The van der Waals surface area contributed by atoms with Crippen LogP contribution in [0.5, 0.6) is 0 Å². The van der Waals surface area contributed by atoms with Crippen LogP contribution in [0.25, 0.3) is 6.08 Å². The third kappa shape index (κ3) is 5.63. The van der Waals surface area contributed by atoms with Crippen molar-refractivity contribution in [2.75, 3.05) is 7.05 Å². The number of rotatable bonds is 7. The van der Waals surface area contributed by atoms with Gasteiger partial charge in [-0.15, -0.1) is 0 Å². The van der Waals surface area contributed by atoms with Gasteiger partial charge in [0.15, 0.2) is 0 Å². The zero-order valence-corrected chi connectivity index (χ0v) is 20.4. The molecule has 0 amide bonds. The summed E-state index contributed by atoms with van der Waals surface area (Å²) >= 11 is 0. The van der Waals surface area contributed by atoms with Gasteiger partial charge in [-0.2, -0.15) is 4.39 Å². The molecule has 0 spiro atoms. The molecule has 0 radical (unpaired) electrons. The largest absolute Gasteiger partial charge is 0.368 e. The fourth-order valence-corrected chi connectivity index (χ4v) is 5.56. The van der Waals surface area contributed by atoms with Gasteiger partial charge in [-0.05, 0) is 70.5 Å². The molecular formula is C28H30FN2OP. The topological polar surface area (TPSA) is 34.5 Å². The summed E-state index contributed by atoms with van der Waals surface area (Å²) in [5.74, 6) is -0.367. The lowest BCUT2D eigenvalue weighted by molar-refractivity contribution is 0.0208. The van der Waals surface area contributed by atoms with Gasteiger partial charge in [-0.3, -0.25) is 4.99 Å². The number of hydrogen-bond donors (Lipinski definition) is 0. The predicted octanol–water partition coefficient (Wildman–Crippen LogP) is 6.14. The summed E-state index contributed by atoms with van der Waals surface area (Å²) in [6, 6.07) is 20.1. The Morgan fingerprint density at radius 3 is 2.55 bits per heavy atom. The van der Waals surface area contributed by atoms with E-state index in [0.717, 1.165) is 41.4 Å². The highest BCUT2D eigenvalue weighted by atomic mass is 31.1. The van der Waals surface area contributed by atoms with Gasteiger partial charge in [-0.25, -0.2) is 4.98 Å². The molecule has 5 heteroatoms. The molecule has 0 saturated carbocycles. The lowest BCUT2D eigenvalue weighted by Gasteiger charge is -2.19. The molecule has 0 aliphatic carbocycles. The summed E-state index contributed by atoms with van der Waals surface area (Å²) in [5, 5.41) is 0. The van der Waals surface area contributed by atoms with Crippen molar-refractivity contribution in [2.45, 2.75) is 44.6 Å². The van der Waals surface area contributed by atoms with Crippen molar-refractivity contribution >= 4 is 25.8 Å². The van der Waals surface area contributed by atoms with Crippen LogP contribution >= 0.6 is 8.58 Å². The Kier molecular flexibility index (Phi) is 7.17. The predicted molar refractivity (Wildman–Crippen MR) is 138 cm³/mol. The number of aliphatic imine (C=N–C) groups is 1. The number of pyridine rings is 1. The van der Waals surface area contributed by atoms with Gasteiger partial charge in [0.25, 0.3) is 0 Å². The molecule has 2 aromatic carbocycles. The molecule has 1 aliphatic heterocycles. The Hall–Kier alpha value is -2.68. The molecule has 1 aliphatic rings. The molecule has 1 saturated heterocycles. The van der Waals surface area contributed by atoms with Crippen LogP contribution in [0.15, 0.2) is 72.2 Å². The van der Waals surface area contributed by atoms with Crippen LogP contribution in [-0.4, -0.2) is 29.2 Å². The molecule has 1 fully saturated rings. The zero-order chi connectivity index (χ0) is 23.4. The summed E-state index contributed by atoms with van der Waals surface area (Å²) < 4.78 is 21.3. The van der Waals surface area contributed by atoms with E-state index in [1.54, 1.807) is 7.05 Å². The Morgan fingerprint density at radius 1 is 1.15 bits per heavy atom. The SMILES string of the molecule is C=Cc1ccc(Cc2ccccc2C(=NC)c2ccc(PC3CCC(C)(C)O3)nc2F)cc1. The first kappa shape index (κ1) is 23.5. The monoisotopic (exact) mass is 460 g/mol. The number of aromatic nitrogens is 1. The van der Waals surface area contributed by atoms with Crippen molar-refractivity contribution in [1.82, 2.24) is 4.98 Å². The van der Waals surface area contributed by atoms with Crippen LogP contribution in [0.3, 0.4) is 0 Å². The Labute approximate surface area is 197 Å². The second kappa shape index (κ2) is 10.1. The summed E-state index contributed by atoms with van der Waals surface area (Å²) in [7, 11) is 2.04. The summed E-state index contributed by atoms with van der Waals surface area (Å²) in [6.45, 7) is 8.01. The molecule has 2 unspecified atom stereocenters. The van der Waals surface area contributed by atoms with E-state index in [0.29, 0.717) is 19.9 Å². The molecule has 170 valence electrons. The minimum absolute atomic E-state index is 0.103. The number of ether oxygens (including phenoxy) is 1. The number of hydrogen-bond acceptors (Lipinski definition) is 3. The first-order valence-corrected chi connectivity index (χ1v) is 12.3. The van der Waals surface area contributed by atoms with E-state index in [1.807, 2.05) is 36.4 Å². The van der Waals surface area contributed by atoms with Crippen molar-refractivity contribution in [3.05, 3.63) is 101 Å². The summed E-state index contributed by atoms with van der Waals surface area (Å²) in [4.78, 5) is 8.76. The Morgan fingerprint density at radius 2 is 1.91 bits per heavy atom. The normalized spacial score (nSPS) is 18.2. The van der Waals surface area contributed by atoms with E-state index in [2.05, 4.69) is 60.7 Å². The highest BCUT2D eigenvalue weighted by molar-refractivity contribution is 7.47. The third-order valence-corrected chi connectivity index (χ3v) is 7.29. The molecule has 3 nitrogen and oxygen atoms in total. The number of benzene rings is 2. The van der Waals surface area contributed by atoms with Gasteiger partial charge in [-0.1, -0.05) is 61.2 Å². The van der Waals surface area contributed by atoms with Gasteiger partial charge in [0.2, 0.25) is 5.95 Å². The van der Waals surface area contributed by atoms with Crippen LogP contribution in [0.4, 0.5) is 4.39 Å². The zero-order valence-electron chi connectivity index (χ0n) is 19.4. The van der Waals surface area contributed by atoms with Gasteiger partial charge < -0.3 is 4.74 Å². The third-order valence-electron chi connectivity index (χ3n) is 5.99. The van der Waals surface area contributed by atoms with E-state index in [9.17, 15) is 0 Å². The molecule has 0 bridgehead atoms. The van der Waals surface area contributed by atoms with Crippen LogP contribution in [0, 0.1) is 5.95 Å². The minimum atomic E-state index is -0.483. The maximum absolute atomic E-state index is 15.2. The van der Waals surface area contributed by atoms with Gasteiger partial charge >= 0.3 is 0 Å². The minimum Gasteiger partial charge on any atom is -0.368 e. The second-order valence-corrected chi connectivity index (χ2v) is 10.4. The number of nitrogens with zero attached hydrogens (tertiary/aromatic N) is 2. The average molecular weight is 461 g/mol. The molecule has 2 heterocycles. The van der Waals surface area contributed by atoms with Gasteiger partial charge in [0.1, 0.15) is 0 Å². The van der Waals surface area contributed by atoms with Crippen LogP contribution in [-0.2, 0) is 11.2 Å². The van der Waals surface area contributed by atoms with Crippen molar-refractivity contribution in [3.63, 3.8) is 0 Å². The molecule has 0 N–H and O–H groups in total. The molecule has 2 atom stereocenters. The van der Waals surface area contributed by atoms with Crippen molar-refractivity contribution in [1.29, 1.82) is 0 Å². The fourth-order valence-electron chi connectivity index (χ4n) is 4.22. The van der Waals surface area contributed by atoms with Crippen molar-refractivity contribution in [3.8, 4) is 0 Å². The fraction of sp³-hybridized carbons (Fsp3) is 0.286. The van der Waals surface area contributed by atoms with E-state index in [-0.39, 0.29) is 11.4 Å². The molecule has 3 aromatic rings.